The third kappa shape index (κ3) is 5.42. The van der Waals surface area contributed by atoms with Gasteiger partial charge in [-0.2, -0.15) is 0 Å². The number of primary amides is 1. The first-order chi connectivity index (χ1) is 9.00. The minimum atomic E-state index is -0.761. The van der Waals surface area contributed by atoms with E-state index in [9.17, 15) is 9.59 Å². The van der Waals surface area contributed by atoms with Gasteiger partial charge in [-0.15, -0.1) is 0 Å². The zero-order valence-corrected chi connectivity index (χ0v) is 11.1. The predicted molar refractivity (Wildman–Crippen MR) is 74.3 cm³/mol. The molecule has 0 saturated heterocycles. The first-order valence-electron chi connectivity index (χ1n) is 6.37. The molecule has 0 aliphatic rings. The van der Waals surface area contributed by atoms with Gasteiger partial charge >= 0.3 is 5.97 Å². The Morgan fingerprint density at radius 1 is 1.26 bits per heavy atom. The minimum absolute atomic E-state index is 0.205. The number of carbonyl (C=O) groups excluding carboxylic acids is 1. The van der Waals surface area contributed by atoms with Crippen LogP contribution in [0.4, 0.5) is 5.69 Å². The number of hydrogen-bond donors (Lipinski definition) is 3. The van der Waals surface area contributed by atoms with E-state index in [0.717, 1.165) is 24.1 Å². The van der Waals surface area contributed by atoms with Crippen molar-refractivity contribution in [1.82, 2.24) is 0 Å². The fourth-order valence-corrected chi connectivity index (χ4v) is 1.82. The molecule has 1 rings (SSSR count). The molecule has 0 fully saturated rings. The second kappa shape index (κ2) is 7.41. The summed E-state index contributed by atoms with van der Waals surface area (Å²) < 4.78 is 0. The number of hydrogen-bond acceptors (Lipinski definition) is 3. The fraction of sp³-hybridized carbons (Fsp3) is 0.429. The number of nitrogens with two attached hydrogens (primary N) is 1. The normalized spacial score (nSPS) is 10.2. The molecular formula is C14H20N2O3. The van der Waals surface area contributed by atoms with Crippen LogP contribution in [0.3, 0.4) is 0 Å². The molecule has 5 nitrogen and oxygen atoms in total. The van der Waals surface area contributed by atoms with Crippen molar-refractivity contribution >= 4 is 17.6 Å². The Bertz CT molecular complexity index is 458. The summed E-state index contributed by atoms with van der Waals surface area (Å²) in [5, 5.41) is 11.7. The van der Waals surface area contributed by atoms with Crippen molar-refractivity contribution in [3.8, 4) is 0 Å². The molecule has 0 spiro atoms. The summed E-state index contributed by atoms with van der Waals surface area (Å²) >= 11 is 0. The molecule has 19 heavy (non-hydrogen) atoms. The second-order valence-electron chi connectivity index (χ2n) is 4.54. The molecule has 0 atom stereocenters. The van der Waals surface area contributed by atoms with Crippen molar-refractivity contribution in [1.29, 1.82) is 0 Å². The van der Waals surface area contributed by atoms with Crippen LogP contribution < -0.4 is 11.1 Å². The van der Waals surface area contributed by atoms with E-state index < -0.39 is 11.9 Å². The molecule has 0 saturated carbocycles. The summed E-state index contributed by atoms with van der Waals surface area (Å²) in [5.74, 6) is -1.21. The lowest BCUT2D eigenvalue weighted by molar-refractivity contribution is -0.137. The van der Waals surface area contributed by atoms with E-state index in [1.165, 1.54) is 0 Å². The number of rotatable bonds is 8. The number of unbranched alkanes of at least 4 members (excludes halogenated alkanes) is 2. The van der Waals surface area contributed by atoms with E-state index >= 15 is 0 Å². The van der Waals surface area contributed by atoms with Crippen LogP contribution in [0.1, 0.15) is 41.6 Å². The Morgan fingerprint density at radius 3 is 2.63 bits per heavy atom. The van der Waals surface area contributed by atoms with Crippen LogP contribution in [0.5, 0.6) is 0 Å². The summed E-state index contributed by atoms with van der Waals surface area (Å²) in [6.07, 6.45) is 2.58. The summed E-state index contributed by atoms with van der Waals surface area (Å²) in [6, 6.07) is 5.44. The van der Waals surface area contributed by atoms with E-state index in [0.29, 0.717) is 18.5 Å². The largest absolute Gasteiger partial charge is 0.481 e. The van der Waals surface area contributed by atoms with Gasteiger partial charge in [0.15, 0.2) is 0 Å². The Labute approximate surface area is 112 Å². The van der Waals surface area contributed by atoms with Gasteiger partial charge in [-0.1, -0.05) is 12.5 Å². The molecule has 0 heterocycles. The number of aryl methyl sites for hydroxylation is 1. The number of amides is 1. The lowest BCUT2D eigenvalue weighted by Gasteiger charge is -2.10. The smallest absolute Gasteiger partial charge is 0.303 e. The molecule has 0 aliphatic carbocycles. The molecule has 1 amide bonds. The summed E-state index contributed by atoms with van der Waals surface area (Å²) in [5.41, 5.74) is 7.58. The van der Waals surface area contributed by atoms with Gasteiger partial charge < -0.3 is 16.2 Å². The quantitative estimate of drug-likeness (QED) is 0.627. The van der Waals surface area contributed by atoms with Crippen molar-refractivity contribution in [3.63, 3.8) is 0 Å². The van der Waals surface area contributed by atoms with Gasteiger partial charge in [-0.25, -0.2) is 0 Å². The first kappa shape index (κ1) is 15.0. The molecular weight excluding hydrogens is 244 g/mol. The average molecular weight is 264 g/mol. The molecule has 4 N–H and O–H groups in total. The Kier molecular flexibility index (Phi) is 5.85. The number of nitrogens with one attached hydrogen (secondary N) is 1. The van der Waals surface area contributed by atoms with Crippen LogP contribution in [0.25, 0.3) is 0 Å². The van der Waals surface area contributed by atoms with Gasteiger partial charge in [0.2, 0.25) is 0 Å². The highest BCUT2D eigenvalue weighted by Gasteiger charge is 2.07. The van der Waals surface area contributed by atoms with E-state index in [1.54, 1.807) is 6.07 Å². The maximum atomic E-state index is 11.3. The highest BCUT2D eigenvalue weighted by atomic mass is 16.4. The number of aliphatic carboxylic acids is 1. The summed E-state index contributed by atoms with van der Waals surface area (Å²) in [7, 11) is 0. The molecule has 0 radical (unpaired) electrons. The Hall–Kier alpha value is -2.04. The van der Waals surface area contributed by atoms with E-state index in [-0.39, 0.29) is 6.42 Å². The van der Waals surface area contributed by atoms with Crippen LogP contribution in [0, 0.1) is 6.92 Å². The number of carbonyl (C=O) groups is 2. The van der Waals surface area contributed by atoms with Crippen LogP contribution in [-0.2, 0) is 4.79 Å². The van der Waals surface area contributed by atoms with Gasteiger partial charge in [0.05, 0.1) is 5.56 Å². The van der Waals surface area contributed by atoms with Crippen molar-refractivity contribution in [2.45, 2.75) is 32.6 Å². The molecule has 0 unspecified atom stereocenters. The van der Waals surface area contributed by atoms with Crippen LogP contribution >= 0.6 is 0 Å². The number of benzene rings is 1. The van der Waals surface area contributed by atoms with Crippen molar-refractivity contribution in [2.24, 2.45) is 5.73 Å². The third-order valence-electron chi connectivity index (χ3n) is 2.82. The van der Waals surface area contributed by atoms with Crippen molar-refractivity contribution in [2.75, 3.05) is 11.9 Å². The fourth-order valence-electron chi connectivity index (χ4n) is 1.82. The highest BCUT2D eigenvalue weighted by Crippen LogP contribution is 2.17. The van der Waals surface area contributed by atoms with E-state index in [4.69, 9.17) is 10.8 Å². The number of carboxylic acid groups (broad SMARTS) is 1. The summed E-state index contributed by atoms with van der Waals surface area (Å²) in [6.45, 7) is 2.65. The van der Waals surface area contributed by atoms with Gasteiger partial charge in [-0.3, -0.25) is 9.59 Å². The van der Waals surface area contributed by atoms with Gasteiger partial charge in [0.1, 0.15) is 0 Å². The first-order valence-corrected chi connectivity index (χ1v) is 6.37. The van der Waals surface area contributed by atoms with Crippen molar-refractivity contribution < 1.29 is 14.7 Å². The average Bonchev–Trinajstić information content (AvgIpc) is 2.33. The van der Waals surface area contributed by atoms with Gasteiger partial charge in [-0.05, 0) is 37.5 Å². The van der Waals surface area contributed by atoms with Crippen LogP contribution in [0.15, 0.2) is 18.2 Å². The van der Waals surface area contributed by atoms with E-state index in [1.807, 2.05) is 19.1 Å². The molecule has 5 heteroatoms. The lowest BCUT2D eigenvalue weighted by atomic mass is 10.1. The van der Waals surface area contributed by atoms with Crippen LogP contribution in [-0.4, -0.2) is 23.5 Å². The summed E-state index contributed by atoms with van der Waals surface area (Å²) in [4.78, 5) is 21.6. The van der Waals surface area contributed by atoms with E-state index in [2.05, 4.69) is 5.32 Å². The topological polar surface area (TPSA) is 92.4 Å². The number of anilines is 1. The van der Waals surface area contributed by atoms with Gasteiger partial charge in [0, 0.05) is 18.7 Å². The van der Waals surface area contributed by atoms with Gasteiger partial charge in [0.25, 0.3) is 5.91 Å². The molecule has 1 aromatic carbocycles. The Balaban J connectivity index is 2.42. The molecule has 1 aromatic rings. The SMILES string of the molecule is Cc1ccc(C(N)=O)c(NCCCCCC(=O)O)c1. The molecule has 0 bridgehead atoms. The molecule has 0 aromatic heterocycles. The van der Waals surface area contributed by atoms with Crippen LogP contribution in [0.2, 0.25) is 0 Å². The minimum Gasteiger partial charge on any atom is -0.481 e. The zero-order valence-electron chi connectivity index (χ0n) is 11.1. The third-order valence-corrected chi connectivity index (χ3v) is 2.82. The Morgan fingerprint density at radius 2 is 2.00 bits per heavy atom. The molecule has 0 aliphatic heterocycles. The highest BCUT2D eigenvalue weighted by molar-refractivity contribution is 5.98. The second-order valence-corrected chi connectivity index (χ2v) is 4.54. The maximum absolute atomic E-state index is 11.3. The predicted octanol–water partition coefficient (Wildman–Crippen LogP) is 2.15. The number of carboxylic acids is 1. The maximum Gasteiger partial charge on any atom is 0.303 e. The monoisotopic (exact) mass is 264 g/mol. The standard InChI is InChI=1S/C14H20N2O3/c1-10-6-7-11(14(15)19)12(9-10)16-8-4-2-3-5-13(17)18/h6-7,9,16H,2-5,8H2,1H3,(H2,15,19)(H,17,18). The van der Waals surface area contributed by atoms with Crippen molar-refractivity contribution in [3.05, 3.63) is 29.3 Å². The zero-order chi connectivity index (χ0) is 14.3. The molecule has 104 valence electrons. The lowest BCUT2D eigenvalue weighted by Crippen LogP contribution is -2.15.